The Morgan fingerprint density at radius 3 is 2.62 bits per heavy atom. The molecule has 0 spiro atoms. The molecule has 2 N–H and O–H groups in total. The fourth-order valence-corrected chi connectivity index (χ4v) is 2.10. The zero-order valence-corrected chi connectivity index (χ0v) is 8.97. The molecule has 0 bridgehead atoms. The standard InChI is InChI=1S/C12H15F2NO/c13-10-1-2-11(14)9(7-10)8-12(16)3-5-15-6-4-12/h1-2,7,15-16H,3-6,8H2. The third kappa shape index (κ3) is 2.57. The van der Waals surface area contributed by atoms with Crippen molar-refractivity contribution < 1.29 is 13.9 Å². The summed E-state index contributed by atoms with van der Waals surface area (Å²) in [5.41, 5.74) is -0.649. The summed E-state index contributed by atoms with van der Waals surface area (Å²) >= 11 is 0. The van der Waals surface area contributed by atoms with Crippen molar-refractivity contribution in [2.24, 2.45) is 0 Å². The van der Waals surface area contributed by atoms with Crippen LogP contribution in [0.4, 0.5) is 8.78 Å². The highest BCUT2D eigenvalue weighted by atomic mass is 19.1. The van der Waals surface area contributed by atoms with Crippen molar-refractivity contribution in [1.82, 2.24) is 5.32 Å². The van der Waals surface area contributed by atoms with Crippen LogP contribution in [0.5, 0.6) is 0 Å². The van der Waals surface area contributed by atoms with E-state index in [0.717, 1.165) is 18.2 Å². The maximum Gasteiger partial charge on any atom is 0.126 e. The number of benzene rings is 1. The SMILES string of the molecule is OC1(Cc2cc(F)ccc2F)CCNCC1. The van der Waals surface area contributed by atoms with Gasteiger partial charge < -0.3 is 10.4 Å². The van der Waals surface area contributed by atoms with Gasteiger partial charge in [0.1, 0.15) is 11.6 Å². The Kier molecular flexibility index (Phi) is 3.21. The van der Waals surface area contributed by atoms with E-state index >= 15 is 0 Å². The Bertz CT molecular complexity index is 375. The molecule has 1 heterocycles. The molecular weight excluding hydrogens is 212 g/mol. The quantitative estimate of drug-likeness (QED) is 0.804. The minimum Gasteiger partial charge on any atom is -0.389 e. The largest absolute Gasteiger partial charge is 0.389 e. The van der Waals surface area contributed by atoms with E-state index in [1.54, 1.807) is 0 Å². The minimum absolute atomic E-state index is 0.179. The van der Waals surface area contributed by atoms with Crippen LogP contribution >= 0.6 is 0 Å². The normalized spacial score (nSPS) is 19.7. The number of rotatable bonds is 2. The zero-order valence-electron chi connectivity index (χ0n) is 8.97. The van der Waals surface area contributed by atoms with Gasteiger partial charge in [-0.05, 0) is 49.7 Å². The lowest BCUT2D eigenvalue weighted by Crippen LogP contribution is -2.43. The lowest BCUT2D eigenvalue weighted by atomic mass is 9.86. The van der Waals surface area contributed by atoms with Crippen molar-refractivity contribution in [3.63, 3.8) is 0 Å². The molecule has 16 heavy (non-hydrogen) atoms. The fourth-order valence-electron chi connectivity index (χ4n) is 2.10. The van der Waals surface area contributed by atoms with E-state index in [4.69, 9.17) is 0 Å². The second-order valence-corrected chi connectivity index (χ2v) is 4.39. The van der Waals surface area contributed by atoms with E-state index in [9.17, 15) is 13.9 Å². The molecule has 1 aromatic rings. The van der Waals surface area contributed by atoms with Crippen molar-refractivity contribution in [3.8, 4) is 0 Å². The molecule has 0 radical (unpaired) electrons. The molecule has 0 amide bonds. The highest BCUT2D eigenvalue weighted by Crippen LogP contribution is 2.24. The minimum atomic E-state index is -0.903. The van der Waals surface area contributed by atoms with E-state index in [-0.39, 0.29) is 12.0 Å². The summed E-state index contributed by atoms with van der Waals surface area (Å²) in [7, 11) is 0. The third-order valence-corrected chi connectivity index (χ3v) is 3.06. The van der Waals surface area contributed by atoms with Gasteiger partial charge in [-0.15, -0.1) is 0 Å². The van der Waals surface area contributed by atoms with Crippen LogP contribution in [0.3, 0.4) is 0 Å². The van der Waals surface area contributed by atoms with E-state index in [1.165, 1.54) is 0 Å². The molecule has 0 atom stereocenters. The number of piperidine rings is 1. The molecule has 1 aliphatic rings. The molecule has 0 unspecified atom stereocenters. The number of aliphatic hydroxyl groups is 1. The Balaban J connectivity index is 2.15. The van der Waals surface area contributed by atoms with Crippen molar-refractivity contribution in [2.45, 2.75) is 24.9 Å². The highest BCUT2D eigenvalue weighted by molar-refractivity contribution is 5.21. The first-order chi connectivity index (χ1) is 7.59. The summed E-state index contributed by atoms with van der Waals surface area (Å²) in [6.07, 6.45) is 1.32. The van der Waals surface area contributed by atoms with Crippen molar-refractivity contribution in [3.05, 3.63) is 35.4 Å². The molecule has 0 aliphatic carbocycles. The molecule has 4 heteroatoms. The van der Waals surface area contributed by atoms with Crippen LogP contribution in [0.15, 0.2) is 18.2 Å². The van der Waals surface area contributed by atoms with Crippen molar-refractivity contribution >= 4 is 0 Å². The van der Waals surface area contributed by atoms with Crippen LogP contribution in [-0.2, 0) is 6.42 Å². The van der Waals surface area contributed by atoms with Crippen LogP contribution in [0.25, 0.3) is 0 Å². The van der Waals surface area contributed by atoms with Gasteiger partial charge >= 0.3 is 0 Å². The molecule has 88 valence electrons. The van der Waals surface area contributed by atoms with Gasteiger partial charge in [-0.3, -0.25) is 0 Å². The highest BCUT2D eigenvalue weighted by Gasteiger charge is 2.30. The Morgan fingerprint density at radius 1 is 1.25 bits per heavy atom. The smallest absolute Gasteiger partial charge is 0.126 e. The van der Waals surface area contributed by atoms with Crippen LogP contribution in [0.1, 0.15) is 18.4 Å². The maximum atomic E-state index is 13.4. The first kappa shape index (κ1) is 11.5. The molecule has 1 aromatic carbocycles. The maximum absolute atomic E-state index is 13.4. The van der Waals surface area contributed by atoms with Gasteiger partial charge in [-0.1, -0.05) is 0 Å². The van der Waals surface area contributed by atoms with Crippen LogP contribution in [0, 0.1) is 11.6 Å². The van der Waals surface area contributed by atoms with Crippen LogP contribution in [0.2, 0.25) is 0 Å². The molecule has 2 rings (SSSR count). The first-order valence-corrected chi connectivity index (χ1v) is 5.46. The topological polar surface area (TPSA) is 32.3 Å². The molecule has 0 saturated carbocycles. The van der Waals surface area contributed by atoms with Crippen molar-refractivity contribution in [2.75, 3.05) is 13.1 Å². The number of hydrogen-bond acceptors (Lipinski definition) is 2. The van der Waals surface area contributed by atoms with Crippen molar-refractivity contribution in [1.29, 1.82) is 0 Å². The van der Waals surface area contributed by atoms with Gasteiger partial charge in [-0.25, -0.2) is 8.78 Å². The second kappa shape index (κ2) is 4.47. The summed E-state index contributed by atoms with van der Waals surface area (Å²) < 4.78 is 26.4. The predicted molar refractivity (Wildman–Crippen MR) is 57.1 cm³/mol. The number of nitrogens with one attached hydrogen (secondary N) is 1. The summed E-state index contributed by atoms with van der Waals surface area (Å²) in [6.45, 7) is 1.43. The number of hydrogen-bond donors (Lipinski definition) is 2. The van der Waals surface area contributed by atoms with Gasteiger partial charge in [0.15, 0.2) is 0 Å². The van der Waals surface area contributed by atoms with Gasteiger partial charge in [0.05, 0.1) is 5.60 Å². The van der Waals surface area contributed by atoms with Gasteiger partial charge in [0, 0.05) is 6.42 Å². The zero-order chi connectivity index (χ0) is 11.6. The molecule has 2 nitrogen and oxygen atoms in total. The molecule has 1 aliphatic heterocycles. The Hall–Kier alpha value is -1.00. The summed E-state index contributed by atoms with van der Waals surface area (Å²) in [6, 6.07) is 3.36. The Morgan fingerprint density at radius 2 is 1.94 bits per heavy atom. The summed E-state index contributed by atoms with van der Waals surface area (Å²) in [5.74, 6) is -0.915. The second-order valence-electron chi connectivity index (χ2n) is 4.39. The Labute approximate surface area is 93.3 Å². The first-order valence-electron chi connectivity index (χ1n) is 5.46. The average molecular weight is 227 g/mol. The summed E-state index contributed by atoms with van der Waals surface area (Å²) in [5, 5.41) is 13.3. The molecule has 1 fully saturated rings. The summed E-state index contributed by atoms with van der Waals surface area (Å²) in [4.78, 5) is 0. The number of halogens is 2. The van der Waals surface area contributed by atoms with E-state index < -0.39 is 17.2 Å². The predicted octanol–water partition coefficient (Wildman–Crippen LogP) is 1.62. The van der Waals surface area contributed by atoms with E-state index in [0.29, 0.717) is 25.9 Å². The van der Waals surface area contributed by atoms with E-state index in [2.05, 4.69) is 5.32 Å². The van der Waals surface area contributed by atoms with E-state index in [1.807, 2.05) is 0 Å². The van der Waals surface area contributed by atoms with Gasteiger partial charge in [0.2, 0.25) is 0 Å². The third-order valence-electron chi connectivity index (χ3n) is 3.06. The van der Waals surface area contributed by atoms with Crippen LogP contribution in [-0.4, -0.2) is 23.8 Å². The lowest BCUT2D eigenvalue weighted by molar-refractivity contribution is 0.0101. The van der Waals surface area contributed by atoms with Gasteiger partial charge in [0.25, 0.3) is 0 Å². The lowest BCUT2D eigenvalue weighted by Gasteiger charge is -2.32. The average Bonchev–Trinajstić information content (AvgIpc) is 2.24. The molecular formula is C12H15F2NO. The monoisotopic (exact) mass is 227 g/mol. The van der Waals surface area contributed by atoms with Crippen LogP contribution < -0.4 is 5.32 Å². The molecule has 0 aromatic heterocycles. The molecule has 1 saturated heterocycles. The van der Waals surface area contributed by atoms with Gasteiger partial charge in [-0.2, -0.15) is 0 Å². The fraction of sp³-hybridized carbons (Fsp3) is 0.500.